The van der Waals surface area contributed by atoms with Gasteiger partial charge in [-0.15, -0.1) is 0 Å². The van der Waals surface area contributed by atoms with Gasteiger partial charge in [-0.2, -0.15) is 0 Å². The van der Waals surface area contributed by atoms with Crippen LogP contribution in [0.15, 0.2) is 46.9 Å². The number of para-hydroxylation sites is 1. The lowest BCUT2D eigenvalue weighted by Gasteiger charge is -2.34. The molecule has 3 rings (SSSR count). The molecule has 1 amide bonds. The first-order chi connectivity index (χ1) is 14.7. The predicted molar refractivity (Wildman–Crippen MR) is 124 cm³/mol. The van der Waals surface area contributed by atoms with Gasteiger partial charge in [0.05, 0.1) is 6.61 Å². The smallest absolute Gasteiger partial charge is 0.434 e. The molecule has 0 aliphatic carbocycles. The molecule has 166 valence electrons. The molecule has 1 aliphatic heterocycles. The van der Waals surface area contributed by atoms with Gasteiger partial charge in [0.2, 0.25) is 5.91 Å². The van der Waals surface area contributed by atoms with Crippen molar-refractivity contribution in [3.8, 4) is 5.75 Å². The Morgan fingerprint density at radius 1 is 1.23 bits per heavy atom. The summed E-state index contributed by atoms with van der Waals surface area (Å²) in [5.41, 5.74) is 9.32. The Labute approximate surface area is 191 Å². The molecule has 2 aromatic rings. The molecular weight excluding hydrogens is 460 g/mol. The van der Waals surface area contributed by atoms with Gasteiger partial charge in [-0.25, -0.2) is 4.79 Å². The van der Waals surface area contributed by atoms with Crippen molar-refractivity contribution in [2.75, 3.05) is 18.1 Å². The lowest BCUT2D eigenvalue weighted by Crippen LogP contribution is -2.40. The van der Waals surface area contributed by atoms with Gasteiger partial charge in [-0.1, -0.05) is 61.0 Å². The van der Waals surface area contributed by atoms with Gasteiger partial charge in [-0.3, -0.25) is 4.79 Å². The van der Waals surface area contributed by atoms with Gasteiger partial charge >= 0.3 is 6.16 Å². The van der Waals surface area contributed by atoms with Crippen LogP contribution in [0.2, 0.25) is 0 Å². The average molecular weight is 489 g/mol. The van der Waals surface area contributed by atoms with E-state index >= 15 is 0 Å². The molecule has 0 bridgehead atoms. The predicted octanol–water partition coefficient (Wildman–Crippen LogP) is 5.24. The number of anilines is 1. The number of hydrogen-bond donors (Lipinski definition) is 1. The molecule has 0 saturated heterocycles. The topological polar surface area (TPSA) is 81.9 Å². The van der Waals surface area contributed by atoms with Crippen LogP contribution >= 0.6 is 15.9 Å². The molecule has 0 spiro atoms. The largest absolute Gasteiger partial charge is 0.513 e. The molecule has 6 nitrogen and oxygen atoms in total. The second-order valence-corrected chi connectivity index (χ2v) is 9.35. The zero-order valence-electron chi connectivity index (χ0n) is 18.1. The molecule has 2 aromatic carbocycles. The standard InChI is InChI=1S/C24H29BrN2O4/c1-15(2)14-30-24(29)31-18-8-9-19(20(25)11-18)21(26)12-23(28)27-13-16(3)10-17-6-4-5-7-22(17)27/h4-9,11,15-16,21H,10,12-14,26H2,1-3H3. The molecule has 2 atom stereocenters. The highest BCUT2D eigenvalue weighted by atomic mass is 79.9. The molecule has 1 heterocycles. The molecule has 2 N–H and O–H groups in total. The lowest BCUT2D eigenvalue weighted by molar-refractivity contribution is -0.119. The third-order valence-electron chi connectivity index (χ3n) is 5.15. The van der Waals surface area contributed by atoms with E-state index < -0.39 is 12.2 Å². The van der Waals surface area contributed by atoms with Crippen LogP contribution in [-0.4, -0.2) is 25.2 Å². The highest BCUT2D eigenvalue weighted by Gasteiger charge is 2.27. The Kier molecular flexibility index (Phi) is 7.73. The maximum atomic E-state index is 13.1. The second-order valence-electron chi connectivity index (χ2n) is 8.49. The maximum Gasteiger partial charge on any atom is 0.513 e. The van der Waals surface area contributed by atoms with Gasteiger partial charge in [0.1, 0.15) is 5.75 Å². The van der Waals surface area contributed by atoms with E-state index in [0.29, 0.717) is 29.3 Å². The van der Waals surface area contributed by atoms with E-state index in [1.165, 1.54) is 5.56 Å². The Bertz CT molecular complexity index is 947. The zero-order chi connectivity index (χ0) is 22.5. The number of amides is 1. The summed E-state index contributed by atoms with van der Waals surface area (Å²) in [4.78, 5) is 26.7. The van der Waals surface area contributed by atoms with Crippen LogP contribution in [0, 0.1) is 11.8 Å². The van der Waals surface area contributed by atoms with Crippen molar-refractivity contribution >= 4 is 33.7 Å². The summed E-state index contributed by atoms with van der Waals surface area (Å²) in [6.45, 7) is 7.03. The Hall–Kier alpha value is -2.38. The van der Waals surface area contributed by atoms with E-state index in [0.717, 1.165) is 17.7 Å². The van der Waals surface area contributed by atoms with E-state index in [2.05, 4.69) is 28.9 Å². The zero-order valence-corrected chi connectivity index (χ0v) is 19.7. The SMILES string of the molecule is CC(C)COC(=O)Oc1ccc(C(N)CC(=O)N2CC(C)Cc3ccccc32)c(Br)c1. The molecule has 2 unspecified atom stereocenters. The van der Waals surface area contributed by atoms with E-state index in [1.807, 2.05) is 36.9 Å². The fourth-order valence-electron chi connectivity index (χ4n) is 3.67. The van der Waals surface area contributed by atoms with Crippen molar-refractivity contribution < 1.29 is 19.1 Å². The molecule has 0 aromatic heterocycles. The monoisotopic (exact) mass is 488 g/mol. The molecule has 0 radical (unpaired) electrons. The number of benzene rings is 2. The number of ether oxygens (including phenoxy) is 2. The summed E-state index contributed by atoms with van der Waals surface area (Å²) in [6, 6.07) is 12.6. The lowest BCUT2D eigenvalue weighted by atomic mass is 9.93. The normalized spacial score (nSPS) is 16.6. The van der Waals surface area contributed by atoms with E-state index in [1.54, 1.807) is 18.2 Å². The number of rotatable bonds is 6. The van der Waals surface area contributed by atoms with E-state index in [9.17, 15) is 9.59 Å². The number of nitrogens with zero attached hydrogens (tertiary/aromatic N) is 1. The third-order valence-corrected chi connectivity index (χ3v) is 5.83. The van der Waals surface area contributed by atoms with Crippen molar-refractivity contribution in [2.24, 2.45) is 17.6 Å². The minimum absolute atomic E-state index is 0.00371. The maximum absolute atomic E-state index is 13.1. The van der Waals surface area contributed by atoms with Crippen molar-refractivity contribution in [2.45, 2.75) is 39.7 Å². The summed E-state index contributed by atoms with van der Waals surface area (Å²) < 4.78 is 10.9. The number of nitrogens with two attached hydrogens (primary N) is 1. The van der Waals surface area contributed by atoms with Crippen LogP contribution in [0.25, 0.3) is 0 Å². The van der Waals surface area contributed by atoms with E-state index in [-0.39, 0.29) is 18.2 Å². The fourth-order valence-corrected chi connectivity index (χ4v) is 4.33. The van der Waals surface area contributed by atoms with Crippen LogP contribution in [0.4, 0.5) is 10.5 Å². The summed E-state index contributed by atoms with van der Waals surface area (Å²) in [5.74, 6) is 0.971. The second kappa shape index (κ2) is 10.3. The first-order valence-electron chi connectivity index (χ1n) is 10.5. The summed E-state index contributed by atoms with van der Waals surface area (Å²) in [7, 11) is 0. The van der Waals surface area contributed by atoms with Gasteiger partial charge in [0.15, 0.2) is 0 Å². The van der Waals surface area contributed by atoms with Crippen molar-refractivity contribution in [1.82, 2.24) is 0 Å². The Morgan fingerprint density at radius 2 is 1.97 bits per heavy atom. The van der Waals surface area contributed by atoms with Crippen LogP contribution in [0.3, 0.4) is 0 Å². The van der Waals surface area contributed by atoms with Gasteiger partial charge in [0.25, 0.3) is 0 Å². The van der Waals surface area contributed by atoms with Gasteiger partial charge < -0.3 is 20.1 Å². The Balaban J connectivity index is 1.66. The van der Waals surface area contributed by atoms with Crippen LogP contribution in [0.1, 0.15) is 44.4 Å². The number of carbonyl (C=O) groups excluding carboxylic acids is 2. The molecule has 31 heavy (non-hydrogen) atoms. The van der Waals surface area contributed by atoms with Crippen LogP contribution in [-0.2, 0) is 16.0 Å². The first kappa shape index (κ1) is 23.3. The van der Waals surface area contributed by atoms with Crippen LogP contribution in [0.5, 0.6) is 5.75 Å². The molecule has 7 heteroatoms. The molecule has 1 aliphatic rings. The number of fused-ring (bicyclic) bond motifs is 1. The summed E-state index contributed by atoms with van der Waals surface area (Å²) in [5, 5.41) is 0. The first-order valence-corrected chi connectivity index (χ1v) is 11.3. The summed E-state index contributed by atoms with van der Waals surface area (Å²) >= 11 is 3.48. The summed E-state index contributed by atoms with van der Waals surface area (Å²) in [6.07, 6.45) is 0.403. The number of carbonyl (C=O) groups is 2. The minimum atomic E-state index is -0.745. The van der Waals surface area contributed by atoms with Crippen molar-refractivity contribution in [1.29, 1.82) is 0 Å². The van der Waals surface area contributed by atoms with E-state index in [4.69, 9.17) is 15.2 Å². The van der Waals surface area contributed by atoms with Crippen LogP contribution < -0.4 is 15.4 Å². The fraction of sp³-hybridized carbons (Fsp3) is 0.417. The number of halogens is 1. The highest BCUT2D eigenvalue weighted by Crippen LogP contribution is 2.32. The quantitative estimate of drug-likeness (QED) is 0.444. The minimum Gasteiger partial charge on any atom is -0.434 e. The third kappa shape index (κ3) is 6.08. The average Bonchev–Trinajstić information content (AvgIpc) is 2.71. The van der Waals surface area contributed by atoms with Gasteiger partial charge in [0, 0.05) is 29.2 Å². The molecular formula is C24H29BrN2O4. The number of hydrogen-bond acceptors (Lipinski definition) is 5. The van der Waals surface area contributed by atoms with Crippen molar-refractivity contribution in [3.63, 3.8) is 0 Å². The molecule has 0 saturated carbocycles. The van der Waals surface area contributed by atoms with Crippen molar-refractivity contribution in [3.05, 3.63) is 58.1 Å². The van der Waals surface area contributed by atoms with Gasteiger partial charge in [-0.05, 0) is 47.6 Å². The Morgan fingerprint density at radius 3 is 2.68 bits per heavy atom. The molecule has 0 fully saturated rings. The highest BCUT2D eigenvalue weighted by molar-refractivity contribution is 9.10.